The molecular weight excluding hydrogens is 478 g/mol. The number of thiocarbonyl (C=S) groups is 1. The van der Waals surface area contributed by atoms with E-state index in [9.17, 15) is 13.2 Å². The molecule has 4 bridgehead atoms. The van der Waals surface area contributed by atoms with Crippen molar-refractivity contribution in [3.05, 3.63) is 29.8 Å². The average molecular weight is 512 g/mol. The summed E-state index contributed by atoms with van der Waals surface area (Å²) in [5.41, 5.74) is -0.103. The van der Waals surface area contributed by atoms with Crippen molar-refractivity contribution in [3.8, 4) is 0 Å². The number of amides is 1. The monoisotopic (exact) mass is 511 g/mol. The van der Waals surface area contributed by atoms with E-state index in [1.165, 1.54) is 11.8 Å². The molecule has 33 heavy (non-hydrogen) atoms. The van der Waals surface area contributed by atoms with Gasteiger partial charge in [-0.1, -0.05) is 50.2 Å². The number of carbonyl (C=O) groups is 1. The lowest BCUT2D eigenvalue weighted by atomic mass is 9.76. The number of ether oxygens (including phenoxy) is 2. The van der Waals surface area contributed by atoms with E-state index in [0.29, 0.717) is 4.38 Å². The van der Waals surface area contributed by atoms with E-state index in [2.05, 4.69) is 0 Å². The van der Waals surface area contributed by atoms with Gasteiger partial charge in [-0.2, -0.15) is 0 Å². The molecule has 0 aromatic heterocycles. The van der Waals surface area contributed by atoms with E-state index in [1.807, 2.05) is 66.9 Å². The van der Waals surface area contributed by atoms with E-state index < -0.39 is 49.9 Å². The SMILES string of the molecule is CSC(=S)OC1C2[C@@H]3N(C(=O)OC(C)(C)C)[C@H]1[C@@H](C(C)(C)C)[C@@]23S(=O)(=O)c1ccc(C)cc1. The number of hydrogen-bond donors (Lipinski definition) is 0. The van der Waals surface area contributed by atoms with Gasteiger partial charge in [0.15, 0.2) is 9.84 Å². The lowest BCUT2D eigenvalue weighted by molar-refractivity contribution is 0.0104. The number of thioether (sulfide) groups is 1. The van der Waals surface area contributed by atoms with Gasteiger partial charge in [-0.15, -0.1) is 0 Å². The standard InChI is InChI=1S/C24H33NO5S3/c1-13-9-11-14(12-10-13)33(27,28)24-15-17(29-21(31)32-8)16(18(24)22(2,3)4)25(19(15)24)20(26)30-23(5,6)7/h9-12,15-19H,1-8H3/t15?,16-,17?,18+,19+,24+/m1/s1. The molecule has 2 saturated heterocycles. The van der Waals surface area contributed by atoms with Gasteiger partial charge in [0.2, 0.25) is 4.38 Å². The van der Waals surface area contributed by atoms with Crippen LogP contribution >= 0.6 is 24.0 Å². The topological polar surface area (TPSA) is 72.9 Å². The molecule has 1 amide bonds. The summed E-state index contributed by atoms with van der Waals surface area (Å²) in [4.78, 5) is 15.3. The summed E-state index contributed by atoms with van der Waals surface area (Å²) in [7, 11) is -3.79. The smallest absolute Gasteiger partial charge is 0.410 e. The van der Waals surface area contributed by atoms with Crippen LogP contribution in [0.15, 0.2) is 29.2 Å². The summed E-state index contributed by atoms with van der Waals surface area (Å²) in [5, 5.41) is 0. The van der Waals surface area contributed by atoms with Crippen molar-refractivity contribution in [3.63, 3.8) is 0 Å². The third kappa shape index (κ3) is 3.52. The second kappa shape index (κ2) is 7.59. The van der Waals surface area contributed by atoms with E-state index in [-0.39, 0.29) is 16.7 Å². The van der Waals surface area contributed by atoms with Crippen LogP contribution in [-0.4, -0.2) is 58.6 Å². The van der Waals surface area contributed by atoms with Gasteiger partial charge in [0, 0.05) is 11.8 Å². The van der Waals surface area contributed by atoms with Gasteiger partial charge in [0.1, 0.15) is 16.5 Å². The second-order valence-corrected chi connectivity index (χ2v) is 15.0. The Morgan fingerprint density at radius 2 is 1.70 bits per heavy atom. The summed E-state index contributed by atoms with van der Waals surface area (Å²) >= 11 is 6.66. The number of carbonyl (C=O) groups excluding carboxylic acids is 1. The zero-order chi connectivity index (χ0) is 24.7. The highest BCUT2D eigenvalue weighted by Gasteiger charge is 2.95. The van der Waals surface area contributed by atoms with Crippen molar-refractivity contribution in [1.82, 2.24) is 4.90 Å². The fraction of sp³-hybridized carbons (Fsp3) is 0.667. The molecule has 2 aliphatic carbocycles. The average Bonchev–Trinajstić information content (AvgIpc) is 2.94. The first-order chi connectivity index (χ1) is 15.1. The minimum absolute atomic E-state index is 0.285. The summed E-state index contributed by atoms with van der Waals surface area (Å²) < 4.78 is 39.7. The van der Waals surface area contributed by atoms with Crippen molar-refractivity contribution in [1.29, 1.82) is 0 Å². The molecule has 4 fully saturated rings. The van der Waals surface area contributed by atoms with Crippen LogP contribution < -0.4 is 0 Å². The summed E-state index contributed by atoms with van der Waals surface area (Å²) in [6.07, 6.45) is 0.862. The van der Waals surface area contributed by atoms with Crippen LogP contribution in [0.2, 0.25) is 0 Å². The maximum Gasteiger partial charge on any atom is 0.410 e. The minimum atomic E-state index is -3.79. The first kappa shape index (κ1) is 24.8. The lowest BCUT2D eigenvalue weighted by Gasteiger charge is -2.36. The highest BCUT2D eigenvalue weighted by atomic mass is 32.2. The van der Waals surface area contributed by atoms with Crippen LogP contribution in [0.5, 0.6) is 0 Å². The van der Waals surface area contributed by atoms with Crippen LogP contribution in [0.25, 0.3) is 0 Å². The summed E-state index contributed by atoms with van der Waals surface area (Å²) in [6, 6.07) is 6.04. The summed E-state index contributed by atoms with van der Waals surface area (Å²) in [5.74, 6) is -0.677. The van der Waals surface area contributed by atoms with Gasteiger partial charge >= 0.3 is 6.09 Å². The predicted octanol–water partition coefficient (Wildman–Crippen LogP) is 4.83. The number of aryl methyl sites for hydroxylation is 1. The molecule has 2 aliphatic heterocycles. The Morgan fingerprint density at radius 3 is 2.18 bits per heavy atom. The summed E-state index contributed by atoms with van der Waals surface area (Å²) in [6.45, 7) is 13.5. The third-order valence-corrected chi connectivity index (χ3v) is 10.7. The highest BCUT2D eigenvalue weighted by molar-refractivity contribution is 8.22. The van der Waals surface area contributed by atoms with E-state index in [1.54, 1.807) is 17.0 Å². The van der Waals surface area contributed by atoms with Crippen LogP contribution in [-0.2, 0) is 19.3 Å². The van der Waals surface area contributed by atoms with Gasteiger partial charge in [0.25, 0.3) is 0 Å². The van der Waals surface area contributed by atoms with Crippen LogP contribution in [0, 0.1) is 24.2 Å². The van der Waals surface area contributed by atoms with Crippen LogP contribution in [0.3, 0.4) is 0 Å². The highest BCUT2D eigenvalue weighted by Crippen LogP contribution is 2.77. The minimum Gasteiger partial charge on any atom is -0.473 e. The molecule has 2 saturated carbocycles. The van der Waals surface area contributed by atoms with Crippen LogP contribution in [0.1, 0.15) is 47.1 Å². The Bertz CT molecular complexity index is 1090. The van der Waals surface area contributed by atoms with Crippen LogP contribution in [0.4, 0.5) is 4.79 Å². The molecule has 2 heterocycles. The second-order valence-electron chi connectivity index (χ2n) is 11.4. The zero-order valence-electron chi connectivity index (χ0n) is 20.4. The number of hydrogen-bond acceptors (Lipinski definition) is 7. The number of piperidine rings is 2. The Kier molecular flexibility index (Phi) is 5.70. The third-order valence-electron chi connectivity index (χ3n) is 7.09. The lowest BCUT2D eigenvalue weighted by Crippen LogP contribution is -2.46. The normalized spacial score (nSPS) is 32.6. The molecule has 9 heteroatoms. The molecule has 6 nitrogen and oxygen atoms in total. The molecule has 6 atom stereocenters. The fourth-order valence-electron chi connectivity index (χ4n) is 6.25. The van der Waals surface area contributed by atoms with E-state index >= 15 is 0 Å². The Balaban J connectivity index is 1.87. The van der Waals surface area contributed by atoms with E-state index in [4.69, 9.17) is 21.7 Å². The molecule has 1 aromatic rings. The number of nitrogens with zero attached hydrogens (tertiary/aromatic N) is 1. The molecule has 0 N–H and O–H groups in total. The van der Waals surface area contributed by atoms with Gasteiger partial charge in [-0.05, 0) is 63.7 Å². The fourth-order valence-corrected chi connectivity index (χ4v) is 9.43. The molecular formula is C24H33NO5S3. The quantitative estimate of drug-likeness (QED) is 0.538. The molecule has 0 radical (unpaired) electrons. The number of benzene rings is 1. The van der Waals surface area contributed by atoms with Crippen molar-refractivity contribution in [2.24, 2.45) is 17.3 Å². The predicted molar refractivity (Wildman–Crippen MR) is 134 cm³/mol. The van der Waals surface area contributed by atoms with Crippen molar-refractivity contribution in [2.45, 2.75) is 81.9 Å². The number of rotatable bonds is 3. The molecule has 182 valence electrons. The van der Waals surface area contributed by atoms with Gasteiger partial charge < -0.3 is 9.47 Å². The molecule has 1 aromatic carbocycles. The Hall–Kier alpha value is -1.32. The first-order valence-electron chi connectivity index (χ1n) is 11.2. The van der Waals surface area contributed by atoms with E-state index in [0.717, 1.165) is 5.56 Å². The van der Waals surface area contributed by atoms with Crippen molar-refractivity contribution >= 4 is 44.3 Å². The van der Waals surface area contributed by atoms with Crippen molar-refractivity contribution in [2.75, 3.05) is 6.26 Å². The van der Waals surface area contributed by atoms with Gasteiger partial charge in [-0.3, -0.25) is 4.90 Å². The largest absolute Gasteiger partial charge is 0.473 e. The molecule has 5 rings (SSSR count). The molecule has 0 spiro atoms. The molecule has 2 unspecified atom stereocenters. The Labute approximate surface area is 206 Å². The van der Waals surface area contributed by atoms with Gasteiger partial charge in [0.05, 0.1) is 17.0 Å². The zero-order valence-corrected chi connectivity index (χ0v) is 22.9. The molecule has 4 aliphatic rings. The maximum atomic E-state index is 14.3. The number of sulfone groups is 1. The first-order valence-corrected chi connectivity index (χ1v) is 14.3. The van der Waals surface area contributed by atoms with Crippen molar-refractivity contribution < 1.29 is 22.7 Å². The Morgan fingerprint density at radius 1 is 1.12 bits per heavy atom. The van der Waals surface area contributed by atoms with Gasteiger partial charge in [-0.25, -0.2) is 13.2 Å². The maximum absolute atomic E-state index is 14.3.